The Hall–Kier alpha value is -2.65. The second-order valence-corrected chi connectivity index (χ2v) is 8.63. The Bertz CT molecular complexity index is 1230. The molecule has 0 atom stereocenters. The summed E-state index contributed by atoms with van der Waals surface area (Å²) in [4.78, 5) is 23.7. The summed E-state index contributed by atoms with van der Waals surface area (Å²) in [7, 11) is 1.74. The Morgan fingerprint density at radius 1 is 1.21 bits per heavy atom. The highest BCUT2D eigenvalue weighted by Gasteiger charge is 2.16. The molecule has 0 aliphatic heterocycles. The van der Waals surface area contributed by atoms with Gasteiger partial charge in [-0.1, -0.05) is 16.9 Å². The zero-order valence-electron chi connectivity index (χ0n) is 16.6. The van der Waals surface area contributed by atoms with Crippen LogP contribution < -0.4 is 10.3 Å². The SMILES string of the molecule is CCOc1ccc(-c2noc(CSc3nc4sc(C)c(C)c4c(=O)n3C)n2)cc1. The Morgan fingerprint density at radius 2 is 1.97 bits per heavy atom. The number of hydrogen-bond acceptors (Lipinski definition) is 8. The van der Waals surface area contributed by atoms with E-state index >= 15 is 0 Å². The van der Waals surface area contributed by atoms with E-state index in [2.05, 4.69) is 15.1 Å². The first-order valence-corrected chi connectivity index (χ1v) is 10.9. The first-order valence-electron chi connectivity index (χ1n) is 9.13. The van der Waals surface area contributed by atoms with E-state index < -0.39 is 0 Å². The second kappa shape index (κ2) is 8.00. The molecule has 0 spiro atoms. The molecule has 0 N–H and O–H groups in total. The van der Waals surface area contributed by atoms with E-state index in [0.29, 0.717) is 34.6 Å². The fourth-order valence-electron chi connectivity index (χ4n) is 2.91. The standard InChI is InChI=1S/C20H20N4O3S2/c1-5-26-14-8-6-13(7-9-14)17-21-15(27-23-17)10-28-20-22-18-16(19(25)24(20)4)11(2)12(3)29-18/h6-9H,5,10H2,1-4H3. The van der Waals surface area contributed by atoms with Crippen molar-refractivity contribution in [2.45, 2.75) is 31.7 Å². The van der Waals surface area contributed by atoms with Gasteiger partial charge in [0.05, 0.1) is 17.7 Å². The van der Waals surface area contributed by atoms with Gasteiger partial charge in [0.25, 0.3) is 5.56 Å². The van der Waals surface area contributed by atoms with Crippen molar-refractivity contribution in [1.82, 2.24) is 19.7 Å². The Morgan fingerprint density at radius 3 is 2.69 bits per heavy atom. The molecule has 0 amide bonds. The Balaban J connectivity index is 1.53. The normalized spacial score (nSPS) is 11.3. The van der Waals surface area contributed by atoms with Crippen LogP contribution in [0.2, 0.25) is 0 Å². The van der Waals surface area contributed by atoms with Crippen molar-refractivity contribution in [2.24, 2.45) is 7.05 Å². The van der Waals surface area contributed by atoms with Crippen molar-refractivity contribution < 1.29 is 9.26 Å². The van der Waals surface area contributed by atoms with Crippen LogP contribution in [0.15, 0.2) is 38.7 Å². The predicted octanol–water partition coefficient (Wildman–Crippen LogP) is 4.35. The molecule has 4 aromatic rings. The minimum Gasteiger partial charge on any atom is -0.494 e. The van der Waals surface area contributed by atoms with Gasteiger partial charge in [-0.2, -0.15) is 4.98 Å². The molecule has 4 rings (SSSR count). The van der Waals surface area contributed by atoms with Gasteiger partial charge in [0.1, 0.15) is 10.6 Å². The van der Waals surface area contributed by atoms with Crippen molar-refractivity contribution >= 4 is 33.3 Å². The highest BCUT2D eigenvalue weighted by molar-refractivity contribution is 7.98. The van der Waals surface area contributed by atoms with E-state index in [-0.39, 0.29) is 5.56 Å². The summed E-state index contributed by atoms with van der Waals surface area (Å²) < 4.78 is 12.4. The summed E-state index contributed by atoms with van der Waals surface area (Å²) >= 11 is 2.95. The minimum absolute atomic E-state index is 0.0278. The number of rotatable bonds is 6. The number of thioether (sulfide) groups is 1. The molecule has 0 radical (unpaired) electrons. The minimum atomic E-state index is -0.0278. The summed E-state index contributed by atoms with van der Waals surface area (Å²) in [5, 5.41) is 5.38. The molecular formula is C20H20N4O3S2. The van der Waals surface area contributed by atoms with Crippen LogP contribution in [-0.4, -0.2) is 26.3 Å². The third-order valence-electron chi connectivity index (χ3n) is 4.59. The van der Waals surface area contributed by atoms with Crippen molar-refractivity contribution in [2.75, 3.05) is 6.61 Å². The van der Waals surface area contributed by atoms with Gasteiger partial charge in [-0.3, -0.25) is 9.36 Å². The average Bonchev–Trinajstić information content (AvgIpc) is 3.29. The first-order chi connectivity index (χ1) is 14.0. The number of hydrogen-bond donors (Lipinski definition) is 0. The highest BCUT2D eigenvalue weighted by Crippen LogP contribution is 2.29. The number of aromatic nitrogens is 4. The molecule has 0 aliphatic carbocycles. The smallest absolute Gasteiger partial charge is 0.262 e. The van der Waals surface area contributed by atoms with Crippen molar-refractivity contribution in [3.63, 3.8) is 0 Å². The summed E-state index contributed by atoms with van der Waals surface area (Å²) in [6.07, 6.45) is 0. The largest absolute Gasteiger partial charge is 0.494 e. The zero-order chi connectivity index (χ0) is 20.5. The molecule has 0 unspecified atom stereocenters. The first kappa shape index (κ1) is 19.7. The molecule has 0 saturated carbocycles. The third-order valence-corrected chi connectivity index (χ3v) is 6.70. The molecule has 3 heterocycles. The average molecular weight is 429 g/mol. The lowest BCUT2D eigenvalue weighted by molar-refractivity contribution is 0.340. The van der Waals surface area contributed by atoms with Crippen molar-refractivity contribution in [3.8, 4) is 17.1 Å². The van der Waals surface area contributed by atoms with Crippen LogP contribution in [0, 0.1) is 13.8 Å². The maximum Gasteiger partial charge on any atom is 0.262 e. The number of aryl methyl sites for hydroxylation is 2. The van der Waals surface area contributed by atoms with Gasteiger partial charge in [-0.25, -0.2) is 4.98 Å². The fraction of sp³-hybridized carbons (Fsp3) is 0.300. The van der Waals surface area contributed by atoms with E-state index in [0.717, 1.165) is 26.6 Å². The lowest BCUT2D eigenvalue weighted by Crippen LogP contribution is -2.19. The maximum absolute atomic E-state index is 12.7. The lowest BCUT2D eigenvalue weighted by Gasteiger charge is -2.05. The maximum atomic E-state index is 12.7. The van der Waals surface area contributed by atoms with Crippen molar-refractivity contribution in [3.05, 3.63) is 51.0 Å². The van der Waals surface area contributed by atoms with Crippen LogP contribution in [0.3, 0.4) is 0 Å². The summed E-state index contributed by atoms with van der Waals surface area (Å²) in [6.45, 7) is 6.54. The van der Waals surface area contributed by atoms with Gasteiger partial charge in [0.2, 0.25) is 11.7 Å². The molecule has 7 nitrogen and oxygen atoms in total. The number of ether oxygens (including phenoxy) is 1. The second-order valence-electron chi connectivity index (χ2n) is 6.48. The van der Waals surface area contributed by atoms with Gasteiger partial charge in [0.15, 0.2) is 5.16 Å². The van der Waals surface area contributed by atoms with E-state index in [1.807, 2.05) is 45.0 Å². The van der Waals surface area contributed by atoms with Crippen molar-refractivity contribution in [1.29, 1.82) is 0 Å². The summed E-state index contributed by atoms with van der Waals surface area (Å²) in [6, 6.07) is 7.55. The van der Waals surface area contributed by atoms with E-state index in [4.69, 9.17) is 9.26 Å². The van der Waals surface area contributed by atoms with E-state index in [9.17, 15) is 4.79 Å². The van der Waals surface area contributed by atoms with Gasteiger partial charge >= 0.3 is 0 Å². The van der Waals surface area contributed by atoms with Crippen LogP contribution in [0.5, 0.6) is 5.75 Å². The van der Waals surface area contributed by atoms with Gasteiger partial charge in [-0.15, -0.1) is 11.3 Å². The molecule has 0 bridgehead atoms. The quantitative estimate of drug-likeness (QED) is 0.333. The molecule has 9 heteroatoms. The predicted molar refractivity (Wildman–Crippen MR) is 115 cm³/mol. The summed E-state index contributed by atoms with van der Waals surface area (Å²) in [5.74, 6) is 2.23. The van der Waals surface area contributed by atoms with E-state index in [1.165, 1.54) is 11.8 Å². The molecule has 0 aliphatic rings. The number of nitrogens with zero attached hydrogens (tertiary/aromatic N) is 4. The van der Waals surface area contributed by atoms with Gasteiger partial charge < -0.3 is 9.26 Å². The number of thiophene rings is 1. The van der Waals surface area contributed by atoms with Crippen LogP contribution in [0.4, 0.5) is 0 Å². The lowest BCUT2D eigenvalue weighted by atomic mass is 10.2. The molecule has 0 saturated heterocycles. The van der Waals surface area contributed by atoms with Crippen LogP contribution >= 0.6 is 23.1 Å². The van der Waals surface area contributed by atoms with Crippen LogP contribution in [0.25, 0.3) is 21.6 Å². The fourth-order valence-corrected chi connectivity index (χ4v) is 4.79. The topological polar surface area (TPSA) is 83.0 Å². The van der Waals surface area contributed by atoms with Crippen LogP contribution in [-0.2, 0) is 12.8 Å². The molecule has 29 heavy (non-hydrogen) atoms. The summed E-state index contributed by atoms with van der Waals surface area (Å²) in [5.41, 5.74) is 1.83. The Kier molecular flexibility index (Phi) is 5.42. The molecule has 150 valence electrons. The molecule has 3 aromatic heterocycles. The van der Waals surface area contributed by atoms with E-state index in [1.54, 1.807) is 23.0 Å². The molecule has 1 aromatic carbocycles. The third kappa shape index (κ3) is 3.79. The molecular weight excluding hydrogens is 408 g/mol. The monoisotopic (exact) mass is 428 g/mol. The van der Waals surface area contributed by atoms with Crippen LogP contribution in [0.1, 0.15) is 23.3 Å². The van der Waals surface area contributed by atoms with Gasteiger partial charge in [-0.05, 0) is 50.6 Å². The highest BCUT2D eigenvalue weighted by atomic mass is 32.2. The van der Waals surface area contributed by atoms with Gasteiger partial charge in [0, 0.05) is 17.5 Å². The zero-order valence-corrected chi connectivity index (χ0v) is 18.2. The number of fused-ring (bicyclic) bond motifs is 1. The Labute approximate surface area is 175 Å². The number of benzene rings is 1. The molecule has 0 fully saturated rings.